The van der Waals surface area contributed by atoms with Crippen LogP contribution in [0.25, 0.3) is 0 Å². The van der Waals surface area contributed by atoms with Crippen LogP contribution in [0.3, 0.4) is 0 Å². The van der Waals surface area contributed by atoms with Crippen LogP contribution in [-0.4, -0.2) is 16.9 Å². The van der Waals surface area contributed by atoms with Gasteiger partial charge >= 0.3 is 5.97 Å². The molecular formula is C7H7NO4. The van der Waals surface area contributed by atoms with Gasteiger partial charge in [-0.15, -0.1) is 0 Å². The van der Waals surface area contributed by atoms with Gasteiger partial charge in [0.1, 0.15) is 0 Å². The zero-order valence-corrected chi connectivity index (χ0v) is 6.33. The van der Waals surface area contributed by atoms with E-state index in [2.05, 4.69) is 4.42 Å². The Kier molecular flexibility index (Phi) is 1.86. The Morgan fingerprint density at radius 3 is 2.42 bits per heavy atom. The summed E-state index contributed by atoms with van der Waals surface area (Å²) in [5.74, 6) is -2.06. The highest BCUT2D eigenvalue weighted by Crippen LogP contribution is 2.17. The number of anilines is 1. The van der Waals surface area contributed by atoms with Crippen molar-refractivity contribution >= 4 is 17.4 Å². The Morgan fingerprint density at radius 2 is 2.17 bits per heavy atom. The number of carbonyl (C=O) groups excluding carboxylic acids is 1. The van der Waals surface area contributed by atoms with Gasteiger partial charge in [-0.1, -0.05) is 0 Å². The van der Waals surface area contributed by atoms with Crippen molar-refractivity contribution in [2.24, 2.45) is 0 Å². The maximum absolute atomic E-state index is 10.7. The highest BCUT2D eigenvalue weighted by Gasteiger charge is 2.16. The fourth-order valence-corrected chi connectivity index (χ4v) is 0.786. The molecule has 0 amide bonds. The molecule has 1 aromatic heterocycles. The van der Waals surface area contributed by atoms with Gasteiger partial charge in [-0.3, -0.25) is 4.79 Å². The van der Waals surface area contributed by atoms with Gasteiger partial charge in [0.05, 0.1) is 5.69 Å². The van der Waals surface area contributed by atoms with E-state index in [-0.39, 0.29) is 23.0 Å². The van der Waals surface area contributed by atoms with Crippen LogP contribution in [-0.2, 0) is 0 Å². The predicted molar refractivity (Wildman–Crippen MR) is 40.1 cm³/mol. The fraction of sp³-hybridized carbons (Fsp3) is 0.143. The number of nitrogen functional groups attached to an aromatic ring is 1. The van der Waals surface area contributed by atoms with Crippen LogP contribution in [0.4, 0.5) is 5.69 Å². The number of hydrogen-bond donors (Lipinski definition) is 2. The number of rotatable bonds is 2. The number of carbonyl (C=O) groups is 2. The summed E-state index contributed by atoms with van der Waals surface area (Å²) in [4.78, 5) is 21.1. The molecule has 0 bridgehead atoms. The van der Waals surface area contributed by atoms with Crippen molar-refractivity contribution in [2.75, 3.05) is 5.73 Å². The van der Waals surface area contributed by atoms with E-state index in [9.17, 15) is 9.59 Å². The van der Waals surface area contributed by atoms with Crippen molar-refractivity contribution in [2.45, 2.75) is 6.92 Å². The molecule has 0 aliphatic rings. The summed E-state index contributed by atoms with van der Waals surface area (Å²) >= 11 is 0. The zero-order valence-electron chi connectivity index (χ0n) is 6.33. The molecule has 0 aliphatic carbocycles. The zero-order chi connectivity index (χ0) is 9.30. The number of hydrogen-bond acceptors (Lipinski definition) is 4. The number of Topliss-reactive ketones (excluding diaryl/α,β-unsaturated/α-hetero) is 1. The van der Waals surface area contributed by atoms with Crippen LogP contribution in [0, 0.1) is 0 Å². The molecule has 0 atom stereocenters. The van der Waals surface area contributed by atoms with Crippen LogP contribution in [0.2, 0.25) is 0 Å². The highest BCUT2D eigenvalue weighted by atomic mass is 16.4. The Balaban J connectivity index is 3.17. The monoisotopic (exact) mass is 169 g/mol. The molecule has 0 spiro atoms. The quantitative estimate of drug-likeness (QED) is 0.637. The minimum Gasteiger partial charge on any atom is -0.475 e. The standard InChI is InChI=1S/C7H7NO4/c1-3(9)6-4(8)2-5(12-6)7(10)11/h2H,8H2,1H3,(H,10,11). The molecule has 0 fully saturated rings. The van der Waals surface area contributed by atoms with E-state index in [4.69, 9.17) is 10.8 Å². The second-order valence-electron chi connectivity index (χ2n) is 2.26. The van der Waals surface area contributed by atoms with Gasteiger partial charge in [0.15, 0.2) is 11.5 Å². The van der Waals surface area contributed by atoms with Gasteiger partial charge in [-0.2, -0.15) is 0 Å². The molecule has 0 unspecified atom stereocenters. The second-order valence-corrected chi connectivity index (χ2v) is 2.26. The predicted octanol–water partition coefficient (Wildman–Crippen LogP) is 0.763. The number of carboxylic acid groups (broad SMARTS) is 1. The molecule has 1 rings (SSSR count). The maximum atomic E-state index is 10.7. The van der Waals surface area contributed by atoms with Gasteiger partial charge in [-0.05, 0) is 0 Å². The van der Waals surface area contributed by atoms with E-state index in [1.807, 2.05) is 0 Å². The first-order valence-electron chi connectivity index (χ1n) is 3.16. The molecule has 12 heavy (non-hydrogen) atoms. The Bertz CT molecular complexity index is 339. The third kappa shape index (κ3) is 1.29. The van der Waals surface area contributed by atoms with Gasteiger partial charge in [0.2, 0.25) is 5.76 Å². The van der Waals surface area contributed by atoms with Crippen LogP contribution >= 0.6 is 0 Å². The minimum absolute atomic E-state index is 0.0555. The minimum atomic E-state index is -1.24. The summed E-state index contributed by atoms with van der Waals surface area (Å²) in [6.07, 6.45) is 0. The molecule has 5 heteroatoms. The first-order chi connectivity index (χ1) is 5.52. The lowest BCUT2D eigenvalue weighted by Crippen LogP contribution is -1.94. The summed E-state index contributed by atoms with van der Waals surface area (Å²) in [5, 5.41) is 8.44. The van der Waals surface area contributed by atoms with Gasteiger partial charge in [-0.25, -0.2) is 4.79 Å². The lowest BCUT2D eigenvalue weighted by molar-refractivity contribution is 0.0660. The van der Waals surface area contributed by atoms with E-state index in [1.165, 1.54) is 6.92 Å². The van der Waals surface area contributed by atoms with E-state index < -0.39 is 5.97 Å². The molecule has 1 aromatic rings. The lowest BCUT2D eigenvalue weighted by Gasteiger charge is -1.88. The Morgan fingerprint density at radius 1 is 1.58 bits per heavy atom. The van der Waals surface area contributed by atoms with Crippen molar-refractivity contribution in [1.29, 1.82) is 0 Å². The number of aromatic carboxylic acids is 1. The largest absolute Gasteiger partial charge is 0.475 e. The molecule has 5 nitrogen and oxygen atoms in total. The van der Waals surface area contributed by atoms with Crippen LogP contribution in [0.5, 0.6) is 0 Å². The lowest BCUT2D eigenvalue weighted by atomic mass is 10.3. The smallest absolute Gasteiger partial charge is 0.371 e. The van der Waals surface area contributed by atoms with Crippen LogP contribution < -0.4 is 5.73 Å². The first kappa shape index (κ1) is 8.32. The van der Waals surface area contributed by atoms with Gasteiger partial charge < -0.3 is 15.3 Å². The molecule has 1 heterocycles. The maximum Gasteiger partial charge on any atom is 0.371 e. The SMILES string of the molecule is CC(=O)c1oc(C(=O)O)cc1N. The number of furan rings is 1. The van der Waals surface area contributed by atoms with E-state index in [0.29, 0.717) is 0 Å². The third-order valence-electron chi connectivity index (χ3n) is 1.29. The Hall–Kier alpha value is -1.78. The second kappa shape index (κ2) is 2.69. The van der Waals surface area contributed by atoms with Crippen molar-refractivity contribution in [3.63, 3.8) is 0 Å². The summed E-state index contributed by atoms with van der Waals surface area (Å²) in [6.45, 7) is 1.25. The molecule has 0 aromatic carbocycles. The third-order valence-corrected chi connectivity index (χ3v) is 1.29. The molecular weight excluding hydrogens is 162 g/mol. The molecule has 64 valence electrons. The first-order valence-corrected chi connectivity index (χ1v) is 3.16. The normalized spacial score (nSPS) is 9.75. The van der Waals surface area contributed by atoms with Gasteiger partial charge in [0, 0.05) is 13.0 Å². The summed E-state index contributed by atoms with van der Waals surface area (Å²) in [6, 6.07) is 1.11. The van der Waals surface area contributed by atoms with E-state index >= 15 is 0 Å². The number of nitrogens with two attached hydrogens (primary N) is 1. The molecule has 0 aliphatic heterocycles. The topological polar surface area (TPSA) is 93.5 Å². The van der Waals surface area contributed by atoms with Crippen molar-refractivity contribution in [1.82, 2.24) is 0 Å². The number of carboxylic acids is 1. The van der Waals surface area contributed by atoms with Crippen molar-refractivity contribution in [3.05, 3.63) is 17.6 Å². The van der Waals surface area contributed by atoms with E-state index in [0.717, 1.165) is 6.07 Å². The molecule has 0 saturated carbocycles. The van der Waals surface area contributed by atoms with Crippen LogP contribution in [0.1, 0.15) is 28.0 Å². The van der Waals surface area contributed by atoms with E-state index in [1.54, 1.807) is 0 Å². The number of ketones is 1. The highest BCUT2D eigenvalue weighted by molar-refractivity contribution is 5.98. The van der Waals surface area contributed by atoms with Crippen molar-refractivity contribution < 1.29 is 19.1 Å². The van der Waals surface area contributed by atoms with Crippen molar-refractivity contribution in [3.8, 4) is 0 Å². The summed E-state index contributed by atoms with van der Waals surface area (Å²) in [5.41, 5.74) is 5.36. The average Bonchev–Trinajstić information content (AvgIpc) is 2.30. The molecule has 0 radical (unpaired) electrons. The van der Waals surface area contributed by atoms with Crippen LogP contribution in [0.15, 0.2) is 10.5 Å². The molecule has 3 N–H and O–H groups in total. The van der Waals surface area contributed by atoms with Gasteiger partial charge in [0.25, 0.3) is 0 Å². The summed E-state index contributed by atoms with van der Waals surface area (Å²) in [7, 11) is 0. The average molecular weight is 169 g/mol. The summed E-state index contributed by atoms with van der Waals surface area (Å²) < 4.78 is 4.66. The Labute approximate surface area is 67.8 Å². The molecule has 0 saturated heterocycles. The fourth-order valence-electron chi connectivity index (χ4n) is 0.786.